The van der Waals surface area contributed by atoms with Crippen LogP contribution in [0.25, 0.3) is 0 Å². The summed E-state index contributed by atoms with van der Waals surface area (Å²) in [5.41, 5.74) is 0. The summed E-state index contributed by atoms with van der Waals surface area (Å²) in [4.78, 5) is 23.3. The van der Waals surface area contributed by atoms with E-state index in [4.69, 9.17) is 9.84 Å². The Bertz CT molecular complexity index is 387. The zero-order valence-electron chi connectivity index (χ0n) is 10.8. The van der Waals surface area contributed by atoms with Gasteiger partial charge in [0.25, 0.3) is 0 Å². The second-order valence-corrected chi connectivity index (χ2v) is 5.84. The summed E-state index contributed by atoms with van der Waals surface area (Å²) >= 11 is 0. The van der Waals surface area contributed by atoms with Crippen LogP contribution < -0.4 is 10.6 Å². The summed E-state index contributed by atoms with van der Waals surface area (Å²) < 4.78 is 5.17. The second kappa shape index (κ2) is 5.09. The molecule has 1 aliphatic carbocycles. The van der Waals surface area contributed by atoms with Gasteiger partial charge in [-0.25, -0.2) is 0 Å². The maximum absolute atomic E-state index is 12.3. The fourth-order valence-corrected chi connectivity index (χ4v) is 3.69. The molecule has 0 aromatic heterocycles. The van der Waals surface area contributed by atoms with E-state index < -0.39 is 17.9 Å². The number of aliphatic carboxylic acids is 1. The van der Waals surface area contributed by atoms with Crippen LogP contribution in [0.1, 0.15) is 19.3 Å². The molecule has 6 heteroatoms. The molecule has 2 heterocycles. The molecule has 3 aliphatic rings. The van der Waals surface area contributed by atoms with Gasteiger partial charge in [-0.15, -0.1) is 0 Å². The van der Waals surface area contributed by atoms with Gasteiger partial charge in [-0.05, 0) is 31.2 Å². The monoisotopic (exact) mass is 268 g/mol. The highest BCUT2D eigenvalue weighted by atomic mass is 16.5. The van der Waals surface area contributed by atoms with Gasteiger partial charge in [-0.3, -0.25) is 9.59 Å². The molecule has 0 aromatic carbocycles. The molecule has 19 heavy (non-hydrogen) atoms. The fraction of sp³-hybridized carbons (Fsp3) is 0.846. The van der Waals surface area contributed by atoms with Crippen LogP contribution in [0.5, 0.6) is 0 Å². The molecule has 2 aliphatic heterocycles. The van der Waals surface area contributed by atoms with E-state index in [0.717, 1.165) is 13.0 Å². The van der Waals surface area contributed by atoms with E-state index in [1.807, 2.05) is 0 Å². The van der Waals surface area contributed by atoms with E-state index in [1.54, 1.807) is 0 Å². The number of carboxylic acids is 1. The van der Waals surface area contributed by atoms with Crippen molar-refractivity contribution in [3.05, 3.63) is 0 Å². The summed E-state index contributed by atoms with van der Waals surface area (Å²) in [7, 11) is 0. The molecule has 5 unspecified atom stereocenters. The van der Waals surface area contributed by atoms with Gasteiger partial charge in [0, 0.05) is 0 Å². The van der Waals surface area contributed by atoms with Gasteiger partial charge in [-0.1, -0.05) is 6.42 Å². The SMILES string of the molecule is O=C(O)C1COCC1NC(=O)C1NCC2CCCC21. The first-order valence-electron chi connectivity index (χ1n) is 7.01. The zero-order chi connectivity index (χ0) is 13.4. The summed E-state index contributed by atoms with van der Waals surface area (Å²) in [6.45, 7) is 1.39. The van der Waals surface area contributed by atoms with E-state index in [2.05, 4.69) is 10.6 Å². The number of nitrogens with one attached hydrogen (secondary N) is 2. The van der Waals surface area contributed by atoms with E-state index in [9.17, 15) is 9.59 Å². The topological polar surface area (TPSA) is 87.7 Å². The number of amides is 1. The number of hydrogen-bond donors (Lipinski definition) is 3. The smallest absolute Gasteiger partial charge is 0.311 e. The van der Waals surface area contributed by atoms with Crippen LogP contribution in [0.15, 0.2) is 0 Å². The maximum Gasteiger partial charge on any atom is 0.311 e. The zero-order valence-corrected chi connectivity index (χ0v) is 10.8. The number of carbonyl (C=O) groups is 2. The minimum atomic E-state index is -0.902. The van der Waals surface area contributed by atoms with Crippen molar-refractivity contribution in [1.82, 2.24) is 10.6 Å². The predicted octanol–water partition coefficient (Wildman–Crippen LogP) is -0.410. The molecule has 2 saturated heterocycles. The Morgan fingerprint density at radius 2 is 2.11 bits per heavy atom. The Labute approximate surface area is 111 Å². The minimum Gasteiger partial charge on any atom is -0.481 e. The molecule has 106 valence electrons. The summed E-state index contributed by atoms with van der Waals surface area (Å²) in [5.74, 6) is -0.543. The van der Waals surface area contributed by atoms with Crippen molar-refractivity contribution in [1.29, 1.82) is 0 Å². The average molecular weight is 268 g/mol. The van der Waals surface area contributed by atoms with Crippen molar-refractivity contribution in [3.63, 3.8) is 0 Å². The van der Waals surface area contributed by atoms with Crippen LogP contribution in [-0.4, -0.2) is 48.8 Å². The first-order valence-corrected chi connectivity index (χ1v) is 7.01. The third kappa shape index (κ3) is 2.34. The molecule has 5 atom stereocenters. The van der Waals surface area contributed by atoms with Crippen LogP contribution in [0, 0.1) is 17.8 Å². The molecule has 3 N–H and O–H groups in total. The van der Waals surface area contributed by atoms with Crippen molar-refractivity contribution in [3.8, 4) is 0 Å². The quantitative estimate of drug-likeness (QED) is 0.647. The molecule has 1 amide bonds. The molecule has 6 nitrogen and oxygen atoms in total. The standard InChI is InChI=1S/C13H20N2O4/c16-12(11-8-3-1-2-7(8)4-14-11)15-10-6-19-5-9(10)13(17)18/h7-11,14H,1-6H2,(H,15,16)(H,17,18). The molecule has 0 spiro atoms. The summed E-state index contributed by atoms with van der Waals surface area (Å²) in [6.07, 6.45) is 3.50. The van der Waals surface area contributed by atoms with E-state index >= 15 is 0 Å². The number of fused-ring (bicyclic) bond motifs is 1. The van der Waals surface area contributed by atoms with Crippen molar-refractivity contribution >= 4 is 11.9 Å². The Kier molecular flexibility index (Phi) is 3.45. The van der Waals surface area contributed by atoms with Gasteiger partial charge in [0.05, 0.1) is 25.3 Å². The largest absolute Gasteiger partial charge is 0.481 e. The predicted molar refractivity (Wildman–Crippen MR) is 66.5 cm³/mol. The third-order valence-electron chi connectivity index (χ3n) is 4.75. The first kappa shape index (κ1) is 12.9. The van der Waals surface area contributed by atoms with Crippen molar-refractivity contribution in [2.75, 3.05) is 19.8 Å². The van der Waals surface area contributed by atoms with E-state index in [-0.39, 0.29) is 18.6 Å². The molecule has 0 bridgehead atoms. The Morgan fingerprint density at radius 1 is 1.26 bits per heavy atom. The number of ether oxygens (including phenoxy) is 1. The molecule has 3 rings (SSSR count). The van der Waals surface area contributed by atoms with Gasteiger partial charge < -0.3 is 20.5 Å². The Morgan fingerprint density at radius 3 is 2.89 bits per heavy atom. The highest BCUT2D eigenvalue weighted by molar-refractivity contribution is 5.84. The number of hydrogen-bond acceptors (Lipinski definition) is 4. The number of carbonyl (C=O) groups excluding carboxylic acids is 1. The van der Waals surface area contributed by atoms with Crippen molar-refractivity contribution in [2.45, 2.75) is 31.3 Å². The first-order chi connectivity index (χ1) is 9.16. The van der Waals surface area contributed by atoms with Gasteiger partial charge in [-0.2, -0.15) is 0 Å². The molecule has 3 fully saturated rings. The highest BCUT2D eigenvalue weighted by Gasteiger charge is 2.44. The lowest BCUT2D eigenvalue weighted by Gasteiger charge is -2.22. The second-order valence-electron chi connectivity index (χ2n) is 5.84. The van der Waals surface area contributed by atoms with Crippen LogP contribution >= 0.6 is 0 Å². The van der Waals surface area contributed by atoms with Crippen LogP contribution in [-0.2, 0) is 14.3 Å². The summed E-state index contributed by atoms with van der Waals surface area (Å²) in [5, 5.41) is 15.2. The Balaban J connectivity index is 1.60. The van der Waals surface area contributed by atoms with E-state index in [0.29, 0.717) is 18.4 Å². The van der Waals surface area contributed by atoms with Crippen LogP contribution in [0.4, 0.5) is 0 Å². The highest BCUT2D eigenvalue weighted by Crippen LogP contribution is 2.37. The molecule has 0 aromatic rings. The summed E-state index contributed by atoms with van der Waals surface area (Å²) in [6, 6.07) is -0.546. The third-order valence-corrected chi connectivity index (χ3v) is 4.75. The Hall–Kier alpha value is -1.14. The molecular formula is C13H20N2O4. The molecule has 0 radical (unpaired) electrons. The maximum atomic E-state index is 12.3. The molecule has 1 saturated carbocycles. The van der Waals surface area contributed by atoms with Crippen LogP contribution in [0.3, 0.4) is 0 Å². The van der Waals surface area contributed by atoms with Crippen molar-refractivity contribution in [2.24, 2.45) is 17.8 Å². The lowest BCUT2D eigenvalue weighted by Crippen LogP contribution is -2.50. The van der Waals surface area contributed by atoms with Gasteiger partial charge >= 0.3 is 5.97 Å². The van der Waals surface area contributed by atoms with Crippen molar-refractivity contribution < 1.29 is 19.4 Å². The van der Waals surface area contributed by atoms with Gasteiger partial charge in [0.1, 0.15) is 5.92 Å². The lowest BCUT2D eigenvalue weighted by molar-refractivity contribution is -0.142. The normalized spacial score (nSPS) is 41.2. The van der Waals surface area contributed by atoms with Crippen LogP contribution in [0.2, 0.25) is 0 Å². The van der Waals surface area contributed by atoms with Gasteiger partial charge in [0.2, 0.25) is 5.91 Å². The van der Waals surface area contributed by atoms with Gasteiger partial charge in [0.15, 0.2) is 0 Å². The fourth-order valence-electron chi connectivity index (χ4n) is 3.69. The number of rotatable bonds is 3. The van der Waals surface area contributed by atoms with E-state index in [1.165, 1.54) is 12.8 Å². The number of carboxylic acid groups (broad SMARTS) is 1. The lowest BCUT2D eigenvalue weighted by atomic mass is 9.93. The average Bonchev–Trinajstić information content (AvgIpc) is 3.02. The molecular weight excluding hydrogens is 248 g/mol. The minimum absolute atomic E-state index is 0.0591.